The van der Waals surface area contributed by atoms with Crippen molar-refractivity contribution in [2.24, 2.45) is 0 Å². The Bertz CT molecular complexity index is 925. The molecular weight excluding hydrogens is 389 g/mol. The van der Waals surface area contributed by atoms with Crippen LogP contribution in [-0.4, -0.2) is 30.1 Å². The quantitative estimate of drug-likeness (QED) is 0.816. The lowest BCUT2D eigenvalue weighted by Crippen LogP contribution is -2.59. The topological polar surface area (TPSA) is 65.0 Å². The van der Waals surface area contributed by atoms with Gasteiger partial charge in [-0.3, -0.25) is 0 Å². The van der Waals surface area contributed by atoms with Gasteiger partial charge >= 0.3 is 17.9 Å². The van der Waals surface area contributed by atoms with Gasteiger partial charge in [0.15, 0.2) is 0 Å². The largest absolute Gasteiger partial charge is 0.495 e. The Morgan fingerprint density at radius 2 is 1.93 bits per heavy atom. The fourth-order valence-corrected chi connectivity index (χ4v) is 2.82. The molecule has 1 aliphatic rings. The highest BCUT2D eigenvalue weighted by Gasteiger charge is 2.66. The van der Waals surface area contributed by atoms with Crippen molar-refractivity contribution < 1.29 is 37.3 Å². The third kappa shape index (κ3) is 3.28. The number of alkyl halides is 3. The smallest absolute Gasteiger partial charge is 0.473 e. The van der Waals surface area contributed by atoms with Crippen LogP contribution < -0.4 is 14.2 Å². The van der Waals surface area contributed by atoms with Crippen LogP contribution in [-0.2, 0) is 4.79 Å². The number of carbonyl (C=O) groups is 1. The van der Waals surface area contributed by atoms with Crippen LogP contribution in [0.5, 0.6) is 17.2 Å². The minimum absolute atomic E-state index is 0.00983. The monoisotopic (exact) mass is 400 g/mol. The van der Waals surface area contributed by atoms with Crippen molar-refractivity contribution in [2.45, 2.75) is 12.0 Å². The first-order valence-corrected chi connectivity index (χ1v) is 7.88. The van der Waals surface area contributed by atoms with Gasteiger partial charge in [-0.05, 0) is 24.3 Å². The van der Waals surface area contributed by atoms with E-state index < -0.39 is 23.5 Å². The van der Waals surface area contributed by atoms with Crippen LogP contribution in [0.4, 0.5) is 13.2 Å². The molecule has 0 bridgehead atoms. The summed E-state index contributed by atoms with van der Waals surface area (Å²) in [4.78, 5) is 11.6. The van der Waals surface area contributed by atoms with Crippen LogP contribution in [0.25, 0.3) is 6.08 Å². The van der Waals surface area contributed by atoms with Crippen LogP contribution in [0.3, 0.4) is 0 Å². The van der Waals surface area contributed by atoms with E-state index in [4.69, 9.17) is 25.8 Å². The summed E-state index contributed by atoms with van der Waals surface area (Å²) in [6.07, 6.45) is -4.34. The van der Waals surface area contributed by atoms with Gasteiger partial charge in [-0.25, -0.2) is 4.79 Å². The lowest BCUT2D eigenvalue weighted by atomic mass is 9.97. The molecule has 1 aliphatic heterocycles. The molecule has 0 aromatic heterocycles. The molecule has 1 atom stereocenters. The molecule has 1 heterocycles. The fraction of sp³-hybridized carbons (Fsp3) is 0.167. The number of hydrogen-bond acceptors (Lipinski definition) is 4. The van der Waals surface area contributed by atoms with Crippen molar-refractivity contribution in [3.8, 4) is 17.2 Å². The lowest BCUT2D eigenvalue weighted by Gasteiger charge is -2.38. The molecule has 0 saturated heterocycles. The molecule has 0 aliphatic carbocycles. The predicted octanol–water partition coefficient (Wildman–Crippen LogP) is 4.55. The summed E-state index contributed by atoms with van der Waals surface area (Å²) in [5, 5.41) is 9.39. The van der Waals surface area contributed by atoms with Crippen molar-refractivity contribution in [3.63, 3.8) is 0 Å². The van der Waals surface area contributed by atoms with Crippen LogP contribution in [0.2, 0.25) is 5.02 Å². The van der Waals surface area contributed by atoms with Crippen LogP contribution in [0.1, 0.15) is 5.56 Å². The molecule has 1 unspecified atom stereocenters. The Balaban J connectivity index is 2.16. The molecule has 5 nitrogen and oxygen atoms in total. The van der Waals surface area contributed by atoms with Crippen molar-refractivity contribution >= 4 is 23.6 Å². The number of rotatable bonds is 4. The van der Waals surface area contributed by atoms with Crippen LogP contribution in [0, 0.1) is 0 Å². The lowest BCUT2D eigenvalue weighted by molar-refractivity contribution is -0.304. The van der Waals surface area contributed by atoms with E-state index in [2.05, 4.69) is 0 Å². The fourth-order valence-electron chi connectivity index (χ4n) is 2.58. The average Bonchev–Trinajstić information content (AvgIpc) is 2.60. The third-order valence-corrected chi connectivity index (χ3v) is 4.11. The molecule has 0 amide bonds. The second-order valence-corrected chi connectivity index (χ2v) is 5.92. The number of carboxylic acids is 1. The molecule has 2 aromatic carbocycles. The summed E-state index contributed by atoms with van der Waals surface area (Å²) in [6.45, 7) is 0. The normalized spacial score (nSPS) is 18.8. The Labute approximate surface area is 156 Å². The predicted molar refractivity (Wildman–Crippen MR) is 90.1 cm³/mol. The van der Waals surface area contributed by atoms with Crippen molar-refractivity contribution in [3.05, 3.63) is 58.6 Å². The first-order valence-electron chi connectivity index (χ1n) is 7.51. The van der Waals surface area contributed by atoms with E-state index in [1.807, 2.05) is 0 Å². The summed E-state index contributed by atoms with van der Waals surface area (Å²) in [5.41, 5.74) is -0.924. The number of hydrogen-bond donors (Lipinski definition) is 1. The van der Waals surface area contributed by atoms with E-state index in [0.717, 1.165) is 12.1 Å². The van der Waals surface area contributed by atoms with Crippen molar-refractivity contribution in [1.29, 1.82) is 0 Å². The van der Waals surface area contributed by atoms with E-state index >= 15 is 0 Å². The van der Waals surface area contributed by atoms with Gasteiger partial charge in [-0.2, -0.15) is 13.2 Å². The van der Waals surface area contributed by atoms with Crippen LogP contribution >= 0.6 is 11.6 Å². The van der Waals surface area contributed by atoms with Gasteiger partial charge in [0, 0.05) is 11.6 Å². The maximum absolute atomic E-state index is 14.0. The highest BCUT2D eigenvalue weighted by atomic mass is 35.5. The molecule has 0 fully saturated rings. The number of carboxylic acid groups (broad SMARTS) is 1. The number of aliphatic carboxylic acids is 1. The molecule has 2 aromatic rings. The maximum Gasteiger partial charge on any atom is 0.473 e. The second-order valence-electron chi connectivity index (χ2n) is 5.52. The number of methoxy groups -OCH3 is 1. The minimum atomic E-state index is -5.21. The van der Waals surface area contributed by atoms with E-state index in [0.29, 0.717) is 0 Å². The van der Waals surface area contributed by atoms with Gasteiger partial charge in [0.1, 0.15) is 22.8 Å². The molecule has 27 heavy (non-hydrogen) atoms. The van der Waals surface area contributed by atoms with Gasteiger partial charge in [0.2, 0.25) is 0 Å². The molecule has 9 heteroatoms. The van der Waals surface area contributed by atoms with Gasteiger partial charge in [0.05, 0.1) is 12.1 Å². The summed E-state index contributed by atoms with van der Waals surface area (Å²) in [6, 6.07) is 9.27. The Hall–Kier alpha value is -2.87. The van der Waals surface area contributed by atoms with Crippen molar-refractivity contribution in [1.82, 2.24) is 0 Å². The first-order chi connectivity index (χ1) is 12.7. The average molecular weight is 401 g/mol. The number of ether oxygens (including phenoxy) is 3. The number of benzene rings is 2. The van der Waals surface area contributed by atoms with Gasteiger partial charge in [0.25, 0.3) is 0 Å². The number of para-hydroxylation sites is 1. The summed E-state index contributed by atoms with van der Waals surface area (Å²) >= 11 is 5.93. The minimum Gasteiger partial charge on any atom is -0.495 e. The van der Waals surface area contributed by atoms with E-state index in [-0.39, 0.29) is 27.8 Å². The molecule has 3 rings (SSSR count). The zero-order valence-electron chi connectivity index (χ0n) is 13.7. The number of fused-ring (bicyclic) bond motifs is 1. The van der Waals surface area contributed by atoms with Gasteiger partial charge in [-0.15, -0.1) is 0 Å². The van der Waals surface area contributed by atoms with E-state index in [9.17, 15) is 23.1 Å². The highest BCUT2D eigenvalue weighted by Crippen LogP contribution is 2.47. The summed E-state index contributed by atoms with van der Waals surface area (Å²) in [5.74, 6) is -5.68. The second kappa shape index (κ2) is 6.70. The Kier molecular flexibility index (Phi) is 4.69. The first kappa shape index (κ1) is 18.9. The number of halogens is 4. The van der Waals surface area contributed by atoms with Crippen molar-refractivity contribution in [2.75, 3.05) is 7.11 Å². The van der Waals surface area contributed by atoms with E-state index in [1.165, 1.54) is 37.4 Å². The molecule has 0 radical (unpaired) electrons. The standard InChI is InChI=1S/C18H12ClF3O5/c1-25-15-7-6-11(9-13(15)19)26-17(18(20,21)22)12(16(23)24)8-10-4-2-3-5-14(10)27-17/h2-9H,1H3,(H,23,24). The molecular formula is C18H12ClF3O5. The molecule has 0 spiro atoms. The summed E-state index contributed by atoms with van der Waals surface area (Å²) in [7, 11) is 1.34. The SMILES string of the molecule is COc1ccc(OC2(C(F)(F)F)Oc3ccccc3C=C2C(=O)O)cc1Cl. The molecule has 0 saturated carbocycles. The van der Waals surface area contributed by atoms with Crippen LogP contribution in [0.15, 0.2) is 48.0 Å². The molecule has 142 valence electrons. The maximum atomic E-state index is 14.0. The Morgan fingerprint density at radius 1 is 1.22 bits per heavy atom. The van der Waals surface area contributed by atoms with E-state index in [1.54, 1.807) is 6.07 Å². The zero-order chi connectivity index (χ0) is 19.8. The zero-order valence-corrected chi connectivity index (χ0v) is 14.5. The third-order valence-electron chi connectivity index (χ3n) is 3.82. The Morgan fingerprint density at radius 3 is 2.52 bits per heavy atom. The highest BCUT2D eigenvalue weighted by molar-refractivity contribution is 6.32. The molecule has 1 N–H and O–H groups in total. The van der Waals surface area contributed by atoms with Gasteiger partial charge in [-0.1, -0.05) is 29.8 Å². The van der Waals surface area contributed by atoms with Gasteiger partial charge < -0.3 is 19.3 Å². The summed E-state index contributed by atoms with van der Waals surface area (Å²) < 4.78 is 57.2.